The van der Waals surface area contributed by atoms with Gasteiger partial charge >= 0.3 is 6.09 Å². The van der Waals surface area contributed by atoms with Gasteiger partial charge in [-0.15, -0.1) is 0 Å². The molecular formula is C18H15BrN2O2. The minimum Gasteiger partial charge on any atom is -0.445 e. The van der Waals surface area contributed by atoms with Crippen LogP contribution in [-0.2, 0) is 17.9 Å². The highest BCUT2D eigenvalue weighted by Crippen LogP contribution is 2.21. The van der Waals surface area contributed by atoms with Gasteiger partial charge in [0.05, 0.1) is 12.2 Å². The number of hydrogen-bond donors (Lipinski definition) is 1. The quantitative estimate of drug-likeness (QED) is 0.739. The summed E-state index contributed by atoms with van der Waals surface area (Å²) in [6, 6.07) is 17.5. The molecule has 1 amide bonds. The Hall–Kier alpha value is -2.40. The van der Waals surface area contributed by atoms with Crippen molar-refractivity contribution in [2.24, 2.45) is 0 Å². The molecule has 0 saturated carbocycles. The summed E-state index contributed by atoms with van der Waals surface area (Å²) in [5.74, 6) is 0. The third-order valence-electron chi connectivity index (χ3n) is 3.42. The van der Waals surface area contributed by atoms with Crippen molar-refractivity contribution in [3.05, 3.63) is 76.5 Å². The number of pyridine rings is 1. The summed E-state index contributed by atoms with van der Waals surface area (Å²) >= 11 is 3.45. The van der Waals surface area contributed by atoms with Gasteiger partial charge in [0.2, 0.25) is 0 Å². The summed E-state index contributed by atoms with van der Waals surface area (Å²) in [4.78, 5) is 16.2. The Balaban J connectivity index is 1.61. The summed E-state index contributed by atoms with van der Waals surface area (Å²) < 4.78 is 6.21. The number of ether oxygens (including phenoxy) is 1. The van der Waals surface area contributed by atoms with Crippen LogP contribution < -0.4 is 5.32 Å². The molecule has 3 aromatic rings. The molecule has 0 aliphatic heterocycles. The Morgan fingerprint density at radius 2 is 1.96 bits per heavy atom. The van der Waals surface area contributed by atoms with Crippen molar-refractivity contribution in [3.8, 4) is 0 Å². The average Bonchev–Trinajstić information content (AvgIpc) is 2.58. The van der Waals surface area contributed by atoms with Gasteiger partial charge in [-0.2, -0.15) is 0 Å². The number of rotatable bonds is 4. The first-order chi connectivity index (χ1) is 11.2. The summed E-state index contributed by atoms with van der Waals surface area (Å²) in [6.07, 6.45) is 1.28. The SMILES string of the molecule is O=C(NCc1nccc2cc(Br)ccc12)OCc1ccccc1. The van der Waals surface area contributed by atoms with Crippen LogP contribution in [0.1, 0.15) is 11.3 Å². The highest BCUT2D eigenvalue weighted by Gasteiger charge is 2.06. The Bertz CT molecular complexity index is 822. The Morgan fingerprint density at radius 3 is 2.78 bits per heavy atom. The van der Waals surface area contributed by atoms with Crippen molar-refractivity contribution < 1.29 is 9.53 Å². The van der Waals surface area contributed by atoms with E-state index >= 15 is 0 Å². The Morgan fingerprint density at radius 1 is 1.13 bits per heavy atom. The molecule has 0 radical (unpaired) electrons. The van der Waals surface area contributed by atoms with E-state index in [1.807, 2.05) is 54.6 Å². The molecule has 0 unspecified atom stereocenters. The summed E-state index contributed by atoms with van der Waals surface area (Å²) in [7, 11) is 0. The molecule has 0 aliphatic rings. The predicted octanol–water partition coefficient (Wildman–Crippen LogP) is 4.42. The molecule has 1 aromatic heterocycles. The number of alkyl carbamates (subject to hydrolysis) is 1. The number of carbonyl (C=O) groups is 1. The van der Waals surface area contributed by atoms with Crippen LogP contribution in [-0.4, -0.2) is 11.1 Å². The molecule has 116 valence electrons. The lowest BCUT2D eigenvalue weighted by atomic mass is 10.1. The van der Waals surface area contributed by atoms with Gasteiger partial charge in [0.1, 0.15) is 6.61 Å². The summed E-state index contributed by atoms with van der Waals surface area (Å²) in [5.41, 5.74) is 1.77. The fourth-order valence-electron chi connectivity index (χ4n) is 2.28. The van der Waals surface area contributed by atoms with E-state index in [9.17, 15) is 4.79 Å². The van der Waals surface area contributed by atoms with Crippen molar-refractivity contribution in [3.63, 3.8) is 0 Å². The zero-order valence-electron chi connectivity index (χ0n) is 12.3. The third-order valence-corrected chi connectivity index (χ3v) is 3.92. The topological polar surface area (TPSA) is 51.2 Å². The van der Waals surface area contributed by atoms with Gasteiger partial charge in [-0.25, -0.2) is 4.79 Å². The van der Waals surface area contributed by atoms with Crippen LogP contribution in [0.15, 0.2) is 65.3 Å². The molecule has 1 heterocycles. The predicted molar refractivity (Wildman–Crippen MR) is 92.9 cm³/mol. The van der Waals surface area contributed by atoms with Crippen molar-refractivity contribution in [2.75, 3.05) is 0 Å². The summed E-state index contributed by atoms with van der Waals surface area (Å²) in [6.45, 7) is 0.579. The normalized spacial score (nSPS) is 10.5. The third kappa shape index (κ3) is 4.07. The van der Waals surface area contributed by atoms with Gasteiger partial charge < -0.3 is 10.1 Å². The smallest absolute Gasteiger partial charge is 0.407 e. The molecule has 2 aromatic carbocycles. The van der Waals surface area contributed by atoms with Gasteiger partial charge in [-0.3, -0.25) is 4.98 Å². The van der Waals surface area contributed by atoms with Crippen LogP contribution in [0.25, 0.3) is 10.8 Å². The number of nitrogens with zero attached hydrogens (tertiary/aromatic N) is 1. The van der Waals surface area contributed by atoms with Gasteiger partial charge in [-0.1, -0.05) is 52.3 Å². The largest absolute Gasteiger partial charge is 0.445 e. The molecular weight excluding hydrogens is 356 g/mol. The van der Waals surface area contributed by atoms with Crippen molar-refractivity contribution in [2.45, 2.75) is 13.2 Å². The van der Waals surface area contributed by atoms with E-state index in [4.69, 9.17) is 4.74 Å². The van der Waals surface area contributed by atoms with E-state index in [-0.39, 0.29) is 6.61 Å². The first kappa shape index (κ1) is 15.5. The number of fused-ring (bicyclic) bond motifs is 1. The molecule has 0 aliphatic carbocycles. The maximum Gasteiger partial charge on any atom is 0.407 e. The van der Waals surface area contributed by atoms with E-state index in [0.717, 1.165) is 26.5 Å². The first-order valence-corrected chi connectivity index (χ1v) is 7.99. The minimum atomic E-state index is -0.454. The molecule has 1 N–H and O–H groups in total. The Kier molecular flexibility index (Phi) is 4.88. The lowest BCUT2D eigenvalue weighted by molar-refractivity contribution is 0.139. The molecule has 0 atom stereocenters. The van der Waals surface area contributed by atoms with E-state index in [1.165, 1.54) is 0 Å². The molecule has 4 nitrogen and oxygen atoms in total. The van der Waals surface area contributed by atoms with E-state index in [2.05, 4.69) is 26.2 Å². The van der Waals surface area contributed by atoms with Gasteiger partial charge in [0, 0.05) is 16.1 Å². The molecule has 0 bridgehead atoms. The van der Waals surface area contributed by atoms with E-state index in [1.54, 1.807) is 6.20 Å². The van der Waals surface area contributed by atoms with Crippen molar-refractivity contribution in [1.29, 1.82) is 0 Å². The number of benzene rings is 2. The van der Waals surface area contributed by atoms with Crippen LogP contribution in [0, 0.1) is 0 Å². The average molecular weight is 371 g/mol. The van der Waals surface area contributed by atoms with Crippen molar-refractivity contribution in [1.82, 2.24) is 10.3 Å². The lowest BCUT2D eigenvalue weighted by Crippen LogP contribution is -2.24. The monoisotopic (exact) mass is 370 g/mol. The lowest BCUT2D eigenvalue weighted by Gasteiger charge is -2.09. The second-order valence-corrected chi connectivity index (χ2v) is 5.95. The maximum absolute atomic E-state index is 11.8. The fraction of sp³-hybridized carbons (Fsp3) is 0.111. The molecule has 5 heteroatoms. The number of halogens is 1. The second-order valence-electron chi connectivity index (χ2n) is 5.04. The molecule has 0 saturated heterocycles. The van der Waals surface area contributed by atoms with Gasteiger partial charge in [0.15, 0.2) is 0 Å². The highest BCUT2D eigenvalue weighted by molar-refractivity contribution is 9.10. The van der Waals surface area contributed by atoms with E-state index < -0.39 is 6.09 Å². The highest BCUT2D eigenvalue weighted by atomic mass is 79.9. The molecule has 23 heavy (non-hydrogen) atoms. The van der Waals surface area contributed by atoms with Gasteiger partial charge in [0.25, 0.3) is 0 Å². The van der Waals surface area contributed by atoms with Crippen LogP contribution in [0.2, 0.25) is 0 Å². The minimum absolute atomic E-state index is 0.253. The standard InChI is InChI=1S/C18H15BrN2O2/c19-15-6-7-16-14(10-15)8-9-20-17(16)11-21-18(22)23-12-13-4-2-1-3-5-13/h1-10H,11-12H2,(H,21,22). The first-order valence-electron chi connectivity index (χ1n) is 7.20. The van der Waals surface area contributed by atoms with Crippen LogP contribution in [0.5, 0.6) is 0 Å². The zero-order valence-corrected chi connectivity index (χ0v) is 13.9. The van der Waals surface area contributed by atoms with Gasteiger partial charge in [-0.05, 0) is 29.1 Å². The molecule has 3 rings (SSSR count). The Labute approximate surface area is 142 Å². The number of nitrogens with one attached hydrogen (secondary N) is 1. The number of hydrogen-bond acceptors (Lipinski definition) is 3. The number of carbonyl (C=O) groups excluding carboxylic acids is 1. The number of aromatic nitrogens is 1. The fourth-order valence-corrected chi connectivity index (χ4v) is 2.66. The van der Waals surface area contributed by atoms with E-state index in [0.29, 0.717) is 6.54 Å². The van der Waals surface area contributed by atoms with Crippen LogP contribution in [0.4, 0.5) is 4.79 Å². The molecule has 0 fully saturated rings. The van der Waals surface area contributed by atoms with Crippen molar-refractivity contribution >= 4 is 32.8 Å². The summed E-state index contributed by atoms with van der Waals surface area (Å²) in [5, 5.41) is 4.83. The number of amides is 1. The van der Waals surface area contributed by atoms with Crippen LogP contribution >= 0.6 is 15.9 Å². The maximum atomic E-state index is 11.8. The second kappa shape index (κ2) is 7.24. The molecule has 0 spiro atoms. The van der Waals surface area contributed by atoms with Crippen LogP contribution in [0.3, 0.4) is 0 Å². The zero-order chi connectivity index (χ0) is 16.1.